The van der Waals surface area contributed by atoms with Crippen LogP contribution in [0, 0.1) is 0 Å². The van der Waals surface area contributed by atoms with Crippen LogP contribution in [-0.4, -0.2) is 9.97 Å². The van der Waals surface area contributed by atoms with Gasteiger partial charge in [0.25, 0.3) is 0 Å². The van der Waals surface area contributed by atoms with Crippen molar-refractivity contribution in [2.45, 2.75) is 0 Å². The first-order valence-corrected chi connectivity index (χ1v) is 11.7. The number of aromatic nitrogens is 2. The Labute approximate surface area is 202 Å². The molecule has 2 heterocycles. The van der Waals surface area contributed by atoms with Crippen molar-refractivity contribution in [2.24, 2.45) is 0 Å². The smallest absolute Gasteiger partial charge is 0.160 e. The number of benzene rings is 5. The molecule has 0 radical (unpaired) electrons. The van der Waals surface area contributed by atoms with Crippen LogP contribution < -0.4 is 0 Å². The average Bonchev–Trinajstić information content (AvgIpc) is 3.32. The molecule has 3 heteroatoms. The van der Waals surface area contributed by atoms with Gasteiger partial charge in [0.1, 0.15) is 11.2 Å². The van der Waals surface area contributed by atoms with E-state index in [-0.39, 0.29) is 0 Å². The van der Waals surface area contributed by atoms with Crippen LogP contribution in [0.5, 0.6) is 0 Å². The molecule has 0 unspecified atom stereocenters. The fourth-order valence-electron chi connectivity index (χ4n) is 4.80. The van der Waals surface area contributed by atoms with E-state index >= 15 is 0 Å². The summed E-state index contributed by atoms with van der Waals surface area (Å²) in [5.41, 5.74) is 7.85. The first-order chi connectivity index (χ1) is 17.3. The third kappa shape index (κ3) is 3.29. The quantitative estimate of drug-likeness (QED) is 0.272. The van der Waals surface area contributed by atoms with Crippen molar-refractivity contribution < 1.29 is 4.42 Å². The molecule has 0 amide bonds. The molecule has 0 aliphatic carbocycles. The van der Waals surface area contributed by atoms with Crippen LogP contribution in [0.1, 0.15) is 0 Å². The molecule has 164 valence electrons. The van der Waals surface area contributed by atoms with E-state index in [9.17, 15) is 0 Å². The van der Waals surface area contributed by atoms with Crippen molar-refractivity contribution >= 4 is 32.8 Å². The Bertz CT molecular complexity index is 1840. The third-order valence-corrected chi connectivity index (χ3v) is 6.49. The van der Waals surface area contributed by atoms with Crippen molar-refractivity contribution in [3.8, 4) is 33.8 Å². The van der Waals surface area contributed by atoms with Gasteiger partial charge < -0.3 is 4.42 Å². The minimum absolute atomic E-state index is 0.726. The van der Waals surface area contributed by atoms with Gasteiger partial charge in [-0.2, -0.15) is 0 Å². The number of furan rings is 1. The zero-order valence-electron chi connectivity index (χ0n) is 18.8. The Kier molecular flexibility index (Phi) is 4.46. The normalized spacial score (nSPS) is 11.4. The van der Waals surface area contributed by atoms with E-state index in [1.165, 1.54) is 0 Å². The van der Waals surface area contributed by atoms with Gasteiger partial charge in [0.2, 0.25) is 0 Å². The largest absolute Gasteiger partial charge is 0.455 e. The summed E-state index contributed by atoms with van der Waals surface area (Å²) >= 11 is 0. The maximum atomic E-state index is 6.31. The Hall–Kier alpha value is -4.76. The molecule has 0 N–H and O–H groups in total. The van der Waals surface area contributed by atoms with E-state index in [0.717, 1.165) is 66.6 Å². The van der Waals surface area contributed by atoms with E-state index < -0.39 is 0 Å². The van der Waals surface area contributed by atoms with Crippen LogP contribution in [0.3, 0.4) is 0 Å². The molecule has 0 saturated heterocycles. The van der Waals surface area contributed by atoms with Gasteiger partial charge in [-0.05, 0) is 23.8 Å². The molecule has 7 rings (SSSR count). The van der Waals surface area contributed by atoms with Gasteiger partial charge in [-0.15, -0.1) is 0 Å². The molecule has 35 heavy (non-hydrogen) atoms. The van der Waals surface area contributed by atoms with Crippen LogP contribution in [0.2, 0.25) is 0 Å². The van der Waals surface area contributed by atoms with Crippen molar-refractivity contribution in [1.29, 1.82) is 0 Å². The highest BCUT2D eigenvalue weighted by atomic mass is 16.3. The number of hydrogen-bond donors (Lipinski definition) is 0. The molecule has 5 aromatic carbocycles. The molecule has 0 fully saturated rings. The second-order valence-corrected chi connectivity index (χ2v) is 8.64. The van der Waals surface area contributed by atoms with Crippen LogP contribution in [0.25, 0.3) is 66.6 Å². The fraction of sp³-hybridized carbons (Fsp3) is 0. The lowest BCUT2D eigenvalue weighted by molar-refractivity contribution is 0.670. The zero-order valence-corrected chi connectivity index (χ0v) is 18.8. The summed E-state index contributed by atoms with van der Waals surface area (Å²) in [5.74, 6) is 0.726. The third-order valence-electron chi connectivity index (χ3n) is 6.49. The van der Waals surface area contributed by atoms with Gasteiger partial charge in [-0.3, -0.25) is 0 Å². The summed E-state index contributed by atoms with van der Waals surface area (Å²) in [7, 11) is 0. The molecular formula is C32H20N2O. The van der Waals surface area contributed by atoms with Crippen LogP contribution in [0.15, 0.2) is 126 Å². The number of rotatable bonds is 3. The molecule has 0 aliphatic heterocycles. The summed E-state index contributed by atoms with van der Waals surface area (Å²) in [5, 5.41) is 3.27. The highest BCUT2D eigenvalue weighted by Gasteiger charge is 2.15. The van der Waals surface area contributed by atoms with E-state index in [1.807, 2.05) is 66.7 Å². The molecule has 2 aromatic heterocycles. The van der Waals surface area contributed by atoms with Crippen LogP contribution >= 0.6 is 0 Å². The Morgan fingerprint density at radius 1 is 0.486 bits per heavy atom. The van der Waals surface area contributed by atoms with Crippen molar-refractivity contribution in [2.75, 3.05) is 0 Å². The highest BCUT2D eigenvalue weighted by molar-refractivity contribution is 6.10. The van der Waals surface area contributed by atoms with E-state index in [4.69, 9.17) is 14.4 Å². The summed E-state index contributed by atoms with van der Waals surface area (Å²) in [6, 6.07) is 41.4. The predicted octanol–water partition coefficient (Wildman–Crippen LogP) is 8.53. The molecule has 0 spiro atoms. The topological polar surface area (TPSA) is 38.9 Å². The lowest BCUT2D eigenvalue weighted by Gasteiger charge is -2.11. The number of nitrogens with zero attached hydrogens (tertiary/aromatic N) is 2. The fourth-order valence-corrected chi connectivity index (χ4v) is 4.80. The highest BCUT2D eigenvalue weighted by Crippen LogP contribution is 2.38. The van der Waals surface area contributed by atoms with Crippen molar-refractivity contribution in [1.82, 2.24) is 9.97 Å². The predicted molar refractivity (Wildman–Crippen MR) is 143 cm³/mol. The number of hydrogen-bond acceptors (Lipinski definition) is 3. The summed E-state index contributed by atoms with van der Waals surface area (Å²) in [6.07, 6.45) is 0. The first-order valence-electron chi connectivity index (χ1n) is 11.7. The van der Waals surface area contributed by atoms with E-state index in [1.54, 1.807) is 0 Å². The Balaban J connectivity index is 1.49. The SMILES string of the molecule is c1ccc(-c2nc(-c3ccccc3)c3cc(-c4cccc5c4oc4ccccc45)ccc3n2)cc1. The van der Waals surface area contributed by atoms with E-state index in [0.29, 0.717) is 0 Å². The molecule has 3 nitrogen and oxygen atoms in total. The minimum Gasteiger partial charge on any atom is -0.455 e. The number of para-hydroxylation sites is 2. The number of fused-ring (bicyclic) bond motifs is 4. The lowest BCUT2D eigenvalue weighted by Crippen LogP contribution is -1.95. The minimum atomic E-state index is 0.726. The summed E-state index contributed by atoms with van der Waals surface area (Å²) < 4.78 is 6.31. The first kappa shape index (κ1) is 19.7. The summed E-state index contributed by atoms with van der Waals surface area (Å²) in [6.45, 7) is 0. The summed E-state index contributed by atoms with van der Waals surface area (Å²) in [4.78, 5) is 9.97. The molecule has 0 bridgehead atoms. The van der Waals surface area contributed by atoms with Gasteiger partial charge >= 0.3 is 0 Å². The van der Waals surface area contributed by atoms with Gasteiger partial charge in [-0.1, -0.05) is 103 Å². The maximum Gasteiger partial charge on any atom is 0.160 e. The monoisotopic (exact) mass is 448 g/mol. The van der Waals surface area contributed by atoms with Crippen LogP contribution in [0.4, 0.5) is 0 Å². The molecule has 0 saturated carbocycles. The molecular weight excluding hydrogens is 428 g/mol. The van der Waals surface area contributed by atoms with Crippen molar-refractivity contribution in [3.63, 3.8) is 0 Å². The van der Waals surface area contributed by atoms with E-state index in [2.05, 4.69) is 54.6 Å². The average molecular weight is 449 g/mol. The van der Waals surface area contributed by atoms with Crippen molar-refractivity contribution in [3.05, 3.63) is 121 Å². The van der Waals surface area contributed by atoms with Gasteiger partial charge in [0, 0.05) is 32.8 Å². The molecule has 0 aliphatic rings. The Morgan fingerprint density at radius 2 is 1.20 bits per heavy atom. The maximum absolute atomic E-state index is 6.31. The molecule has 7 aromatic rings. The second-order valence-electron chi connectivity index (χ2n) is 8.64. The van der Waals surface area contributed by atoms with Gasteiger partial charge in [0.15, 0.2) is 5.82 Å². The van der Waals surface area contributed by atoms with Crippen LogP contribution in [-0.2, 0) is 0 Å². The van der Waals surface area contributed by atoms with Gasteiger partial charge in [-0.25, -0.2) is 9.97 Å². The zero-order chi connectivity index (χ0) is 23.2. The van der Waals surface area contributed by atoms with Gasteiger partial charge in [0.05, 0.1) is 11.2 Å². The lowest BCUT2D eigenvalue weighted by atomic mass is 9.98. The molecule has 0 atom stereocenters. The standard InChI is InChI=1S/C32H20N2O/c1-3-10-21(11-4-1)30-27-20-23(18-19-28(27)33-32(34-30)22-12-5-2-6-13-22)24-15-9-16-26-25-14-7-8-17-29(25)35-31(24)26/h1-20H. The second kappa shape index (κ2) is 7.93. The Morgan fingerprint density at radius 3 is 2.03 bits per heavy atom.